The van der Waals surface area contributed by atoms with E-state index in [1.807, 2.05) is 24.8 Å². The number of carbonyl (C=O) groups is 3. The fourth-order valence-corrected chi connectivity index (χ4v) is 5.03. The highest BCUT2D eigenvalue weighted by atomic mass is 16.5. The molecule has 0 saturated carbocycles. The summed E-state index contributed by atoms with van der Waals surface area (Å²) >= 11 is 0. The first kappa shape index (κ1) is 25.8. The van der Waals surface area contributed by atoms with Crippen LogP contribution in [0.3, 0.4) is 0 Å². The number of methoxy groups -OCH3 is 2. The van der Waals surface area contributed by atoms with Crippen molar-refractivity contribution in [3.05, 3.63) is 23.3 Å². The number of rotatable bonds is 4. The lowest BCUT2D eigenvalue weighted by atomic mass is 10.0. The topological polar surface area (TPSA) is 97.0 Å². The smallest absolute Gasteiger partial charge is 0.223 e. The van der Waals surface area contributed by atoms with Gasteiger partial charge in [0.15, 0.2) is 11.5 Å². The zero-order valence-corrected chi connectivity index (χ0v) is 20.9. The van der Waals surface area contributed by atoms with Crippen molar-refractivity contribution in [2.45, 2.75) is 77.3 Å². The highest BCUT2D eigenvalue weighted by Crippen LogP contribution is 2.34. The number of aryl methyl sites for hydroxylation is 2. The van der Waals surface area contributed by atoms with Crippen molar-refractivity contribution >= 4 is 17.7 Å². The summed E-state index contributed by atoms with van der Waals surface area (Å²) in [5.74, 6) is 1.56. The molecule has 2 N–H and O–H groups in total. The molecule has 0 spiro atoms. The third-order valence-corrected chi connectivity index (χ3v) is 6.65. The second-order valence-corrected chi connectivity index (χ2v) is 9.74. The van der Waals surface area contributed by atoms with Gasteiger partial charge in [0.05, 0.1) is 14.2 Å². The van der Waals surface area contributed by atoms with Gasteiger partial charge in [0.1, 0.15) is 0 Å². The van der Waals surface area contributed by atoms with E-state index >= 15 is 0 Å². The first-order chi connectivity index (χ1) is 16.3. The number of nitrogens with one attached hydrogen (secondary N) is 2. The number of carbonyl (C=O) groups excluding carboxylic acids is 3. The lowest BCUT2D eigenvalue weighted by molar-refractivity contribution is -0.136. The molecule has 8 nitrogen and oxygen atoms in total. The van der Waals surface area contributed by atoms with E-state index in [1.165, 1.54) is 0 Å². The normalized spacial score (nSPS) is 22.1. The predicted molar refractivity (Wildman–Crippen MR) is 130 cm³/mol. The molecule has 1 aromatic carbocycles. The molecule has 0 aliphatic carbocycles. The molecule has 2 atom stereocenters. The van der Waals surface area contributed by atoms with Gasteiger partial charge >= 0.3 is 0 Å². The van der Waals surface area contributed by atoms with Gasteiger partial charge in [-0.15, -0.1) is 0 Å². The maximum Gasteiger partial charge on any atom is 0.223 e. The van der Waals surface area contributed by atoms with Crippen LogP contribution in [-0.2, 0) is 27.2 Å². The number of hydrogen-bond acceptors (Lipinski definition) is 5. The third-order valence-electron chi connectivity index (χ3n) is 6.65. The van der Waals surface area contributed by atoms with Crippen LogP contribution in [0.15, 0.2) is 12.1 Å². The summed E-state index contributed by atoms with van der Waals surface area (Å²) in [6.07, 6.45) is 4.70. The Hall–Kier alpha value is -2.77. The SMILES string of the molecule is COc1cc2cc(c1OC)CCCNC(=O)C[C@@H]1CC[C@H](CNC(=O)CC2)N1C(=O)CC(C)C. The van der Waals surface area contributed by atoms with Gasteiger partial charge in [0.2, 0.25) is 17.7 Å². The second-order valence-electron chi connectivity index (χ2n) is 9.74. The van der Waals surface area contributed by atoms with Crippen molar-refractivity contribution in [2.75, 3.05) is 27.3 Å². The standard InChI is InChI=1S/C26H39N3O5/c1-17(2)12-25(32)29-20-8-9-21(29)16-28-23(30)10-7-18-13-19(6-5-11-27-24(31)15-20)26(34-4)22(14-18)33-3/h13-14,17,20-21H,5-12,15-16H2,1-4H3,(H,27,31)(H,28,30)/t20-,21+/m0/s1. The average Bonchev–Trinajstić information content (AvgIpc) is 3.19. The lowest BCUT2D eigenvalue weighted by Crippen LogP contribution is -2.48. The number of hydrogen-bond donors (Lipinski definition) is 2. The Morgan fingerprint density at radius 2 is 1.79 bits per heavy atom. The van der Waals surface area contributed by atoms with Crippen molar-refractivity contribution < 1.29 is 23.9 Å². The molecule has 34 heavy (non-hydrogen) atoms. The highest BCUT2D eigenvalue weighted by Gasteiger charge is 2.37. The maximum absolute atomic E-state index is 13.0. The molecule has 3 rings (SSSR count). The van der Waals surface area contributed by atoms with E-state index in [0.717, 1.165) is 30.4 Å². The van der Waals surface area contributed by atoms with Crippen LogP contribution in [0.1, 0.15) is 63.5 Å². The van der Waals surface area contributed by atoms with Crippen molar-refractivity contribution in [1.29, 1.82) is 0 Å². The summed E-state index contributed by atoms with van der Waals surface area (Å²) in [6, 6.07) is 3.78. The number of nitrogens with zero attached hydrogens (tertiary/aromatic N) is 1. The summed E-state index contributed by atoms with van der Waals surface area (Å²) in [6.45, 7) is 5.00. The Morgan fingerprint density at radius 3 is 2.50 bits per heavy atom. The van der Waals surface area contributed by atoms with Gasteiger partial charge in [0, 0.05) is 44.4 Å². The van der Waals surface area contributed by atoms with Crippen molar-refractivity contribution in [2.24, 2.45) is 5.92 Å². The fourth-order valence-electron chi connectivity index (χ4n) is 5.03. The Bertz CT molecular complexity index is 885. The second kappa shape index (κ2) is 12.1. The minimum atomic E-state index is -0.122. The van der Waals surface area contributed by atoms with Gasteiger partial charge in [0.25, 0.3) is 0 Å². The zero-order chi connectivity index (χ0) is 24.7. The van der Waals surface area contributed by atoms with E-state index in [1.54, 1.807) is 14.2 Å². The molecule has 1 saturated heterocycles. The minimum absolute atomic E-state index is 0.0420. The predicted octanol–water partition coefficient (Wildman–Crippen LogP) is 2.61. The Kier molecular flexibility index (Phi) is 9.19. The van der Waals surface area contributed by atoms with Crippen molar-refractivity contribution in [3.63, 3.8) is 0 Å². The average molecular weight is 474 g/mol. The quantitative estimate of drug-likeness (QED) is 0.701. The zero-order valence-electron chi connectivity index (χ0n) is 20.9. The van der Waals surface area contributed by atoms with Crippen LogP contribution in [-0.4, -0.2) is 62.0 Å². The molecule has 3 amide bonds. The van der Waals surface area contributed by atoms with Crippen LogP contribution in [0.4, 0.5) is 0 Å². The van der Waals surface area contributed by atoms with Gasteiger partial charge < -0.3 is 25.0 Å². The van der Waals surface area contributed by atoms with Gasteiger partial charge in [-0.25, -0.2) is 0 Å². The van der Waals surface area contributed by atoms with Crippen LogP contribution in [0, 0.1) is 5.92 Å². The van der Waals surface area contributed by atoms with E-state index in [2.05, 4.69) is 16.7 Å². The third kappa shape index (κ3) is 6.64. The maximum atomic E-state index is 13.0. The lowest BCUT2D eigenvalue weighted by Gasteiger charge is -2.31. The molecule has 1 fully saturated rings. The molecule has 8 heteroatoms. The first-order valence-electron chi connectivity index (χ1n) is 12.4. The van der Waals surface area contributed by atoms with Crippen LogP contribution in [0.25, 0.3) is 0 Å². The molecule has 0 aromatic heterocycles. The molecule has 1 aromatic rings. The van der Waals surface area contributed by atoms with Crippen LogP contribution >= 0.6 is 0 Å². The monoisotopic (exact) mass is 473 g/mol. The molecule has 4 bridgehead atoms. The molecule has 2 aliphatic rings. The van der Waals surface area contributed by atoms with Crippen LogP contribution in [0.2, 0.25) is 0 Å². The van der Waals surface area contributed by atoms with E-state index in [-0.39, 0.29) is 35.7 Å². The number of ether oxygens (including phenoxy) is 2. The Balaban J connectivity index is 1.80. The molecular weight excluding hydrogens is 434 g/mol. The van der Waals surface area contributed by atoms with E-state index in [9.17, 15) is 14.4 Å². The van der Waals surface area contributed by atoms with Crippen LogP contribution in [0.5, 0.6) is 11.5 Å². The Labute approximate surface area is 202 Å². The molecule has 2 aliphatic heterocycles. The first-order valence-corrected chi connectivity index (χ1v) is 12.4. The molecule has 0 radical (unpaired) electrons. The summed E-state index contributed by atoms with van der Waals surface area (Å²) in [5, 5.41) is 6.05. The van der Waals surface area contributed by atoms with Crippen molar-refractivity contribution in [1.82, 2.24) is 15.5 Å². The highest BCUT2D eigenvalue weighted by molar-refractivity contribution is 5.81. The van der Waals surface area contributed by atoms with E-state index < -0.39 is 0 Å². The van der Waals surface area contributed by atoms with E-state index in [4.69, 9.17) is 9.47 Å². The number of amides is 3. The number of benzene rings is 1. The van der Waals surface area contributed by atoms with Gasteiger partial charge in [-0.1, -0.05) is 19.9 Å². The molecular formula is C26H39N3O5. The summed E-state index contributed by atoms with van der Waals surface area (Å²) in [7, 11) is 3.22. The van der Waals surface area contributed by atoms with Gasteiger partial charge in [-0.2, -0.15) is 0 Å². The fraction of sp³-hybridized carbons (Fsp3) is 0.654. The molecule has 0 unspecified atom stereocenters. The van der Waals surface area contributed by atoms with E-state index in [0.29, 0.717) is 56.7 Å². The summed E-state index contributed by atoms with van der Waals surface area (Å²) < 4.78 is 11.1. The van der Waals surface area contributed by atoms with Crippen molar-refractivity contribution in [3.8, 4) is 11.5 Å². The summed E-state index contributed by atoms with van der Waals surface area (Å²) in [5.41, 5.74) is 2.01. The molecule has 188 valence electrons. The Morgan fingerprint density at radius 1 is 1.03 bits per heavy atom. The largest absolute Gasteiger partial charge is 0.493 e. The molecule has 2 heterocycles. The number of fused-ring (bicyclic) bond motifs is 4. The van der Waals surface area contributed by atoms with Crippen LogP contribution < -0.4 is 20.1 Å². The van der Waals surface area contributed by atoms with Gasteiger partial charge in [-0.05, 0) is 55.2 Å². The van der Waals surface area contributed by atoms with Gasteiger partial charge in [-0.3, -0.25) is 14.4 Å². The minimum Gasteiger partial charge on any atom is -0.493 e. The summed E-state index contributed by atoms with van der Waals surface area (Å²) in [4.78, 5) is 40.2.